The second-order valence-corrected chi connectivity index (χ2v) is 7.65. The summed E-state index contributed by atoms with van der Waals surface area (Å²) in [5, 5.41) is 16.4. The van der Waals surface area contributed by atoms with E-state index in [1.165, 1.54) is 30.2 Å². The number of nitro groups is 1. The summed E-state index contributed by atoms with van der Waals surface area (Å²) in [5.41, 5.74) is 0.0300. The van der Waals surface area contributed by atoms with Crippen molar-refractivity contribution in [3.05, 3.63) is 58.0 Å². The topological polar surface area (TPSA) is 114 Å². The number of nitro benzene ring substituents is 1. The predicted octanol–water partition coefficient (Wildman–Crippen LogP) is 3.37. The second kappa shape index (κ2) is 10.5. The van der Waals surface area contributed by atoms with E-state index >= 15 is 0 Å². The van der Waals surface area contributed by atoms with Crippen LogP contribution in [-0.4, -0.2) is 29.0 Å². The highest BCUT2D eigenvalue weighted by atomic mass is 32.2. The number of nitrogens with zero attached hydrogens (tertiary/aromatic N) is 1. The first kappa shape index (κ1) is 21.5. The molecule has 0 fully saturated rings. The molecule has 2 aromatic rings. The van der Waals surface area contributed by atoms with Crippen LogP contribution < -0.4 is 10.6 Å². The van der Waals surface area contributed by atoms with Gasteiger partial charge in [0, 0.05) is 11.6 Å². The van der Waals surface area contributed by atoms with Crippen LogP contribution in [0.5, 0.6) is 0 Å². The number of nitrogens with one attached hydrogen (secondary N) is 2. The molecule has 2 N–H and O–H groups in total. The first-order valence-electron chi connectivity index (χ1n) is 8.85. The molecule has 0 saturated heterocycles. The monoisotopic (exact) mass is 405 g/mol. The summed E-state index contributed by atoms with van der Waals surface area (Å²) in [6, 6.07) is 7.78. The molecule has 0 aliphatic heterocycles. The van der Waals surface area contributed by atoms with Crippen LogP contribution >= 0.6 is 11.8 Å². The molecule has 0 bridgehead atoms. The molecule has 9 heteroatoms. The molecule has 150 valence electrons. The molecule has 2 rings (SSSR count). The van der Waals surface area contributed by atoms with Crippen LogP contribution in [0.3, 0.4) is 0 Å². The minimum atomic E-state index is -0.546. The zero-order valence-electron chi connectivity index (χ0n) is 15.8. The van der Waals surface area contributed by atoms with Crippen molar-refractivity contribution in [2.75, 3.05) is 12.3 Å². The maximum Gasteiger partial charge on any atom is 0.283 e. The summed E-state index contributed by atoms with van der Waals surface area (Å²) in [6.07, 6.45) is 2.44. The summed E-state index contributed by atoms with van der Waals surface area (Å²) >= 11 is 1.40. The second-order valence-electron chi connectivity index (χ2n) is 6.51. The van der Waals surface area contributed by atoms with Crippen molar-refractivity contribution in [3.8, 4) is 0 Å². The van der Waals surface area contributed by atoms with E-state index in [0.29, 0.717) is 16.6 Å². The van der Waals surface area contributed by atoms with E-state index in [4.69, 9.17) is 4.42 Å². The van der Waals surface area contributed by atoms with Gasteiger partial charge in [0.1, 0.15) is 5.76 Å². The average molecular weight is 405 g/mol. The molecule has 28 heavy (non-hydrogen) atoms. The summed E-state index contributed by atoms with van der Waals surface area (Å²) in [7, 11) is 0. The molecule has 0 radical (unpaired) electrons. The van der Waals surface area contributed by atoms with Crippen molar-refractivity contribution in [1.82, 2.24) is 10.6 Å². The first-order chi connectivity index (χ1) is 13.4. The third kappa shape index (κ3) is 6.73. The van der Waals surface area contributed by atoms with Crippen molar-refractivity contribution in [3.63, 3.8) is 0 Å². The van der Waals surface area contributed by atoms with Crippen LogP contribution in [0.25, 0.3) is 0 Å². The molecule has 0 unspecified atom stereocenters. The fourth-order valence-electron chi connectivity index (χ4n) is 2.25. The van der Waals surface area contributed by atoms with Crippen LogP contribution in [0, 0.1) is 16.0 Å². The maximum absolute atomic E-state index is 12.2. The van der Waals surface area contributed by atoms with Gasteiger partial charge in [0.05, 0.1) is 29.2 Å². The van der Waals surface area contributed by atoms with E-state index < -0.39 is 10.8 Å². The fraction of sp³-hybridized carbons (Fsp3) is 0.368. The summed E-state index contributed by atoms with van der Waals surface area (Å²) in [4.78, 5) is 35.4. The third-order valence-corrected chi connectivity index (χ3v) is 4.92. The Morgan fingerprint density at radius 1 is 1.25 bits per heavy atom. The molecular weight excluding hydrogens is 382 g/mol. The van der Waals surface area contributed by atoms with Gasteiger partial charge in [-0.25, -0.2) is 0 Å². The van der Waals surface area contributed by atoms with E-state index in [9.17, 15) is 19.7 Å². The number of carbonyl (C=O) groups excluding carboxylic acids is 2. The van der Waals surface area contributed by atoms with E-state index in [0.717, 1.165) is 12.2 Å². The van der Waals surface area contributed by atoms with Crippen molar-refractivity contribution in [1.29, 1.82) is 0 Å². The maximum atomic E-state index is 12.2. The molecule has 2 amide bonds. The summed E-state index contributed by atoms with van der Waals surface area (Å²) in [6.45, 7) is 4.16. The number of benzene rings is 1. The Morgan fingerprint density at radius 3 is 2.68 bits per heavy atom. The third-order valence-electron chi connectivity index (χ3n) is 3.82. The van der Waals surface area contributed by atoms with Gasteiger partial charge in [-0.3, -0.25) is 19.7 Å². The molecule has 8 nitrogen and oxygen atoms in total. The number of furan rings is 1. The van der Waals surface area contributed by atoms with Gasteiger partial charge >= 0.3 is 0 Å². The van der Waals surface area contributed by atoms with Gasteiger partial charge in [0.2, 0.25) is 5.91 Å². The van der Waals surface area contributed by atoms with E-state index in [2.05, 4.69) is 24.5 Å². The van der Waals surface area contributed by atoms with Gasteiger partial charge < -0.3 is 15.1 Å². The van der Waals surface area contributed by atoms with Gasteiger partial charge in [-0.15, -0.1) is 11.8 Å². The van der Waals surface area contributed by atoms with E-state index in [1.807, 2.05) is 0 Å². The number of thioether (sulfide) groups is 1. The largest absolute Gasteiger partial charge is 0.467 e. The minimum Gasteiger partial charge on any atom is -0.467 e. The zero-order valence-corrected chi connectivity index (χ0v) is 16.6. The molecule has 0 atom stereocenters. The Kier molecular flexibility index (Phi) is 8.06. The predicted molar refractivity (Wildman–Crippen MR) is 106 cm³/mol. The number of amides is 2. The highest BCUT2D eigenvalue weighted by Gasteiger charge is 2.18. The lowest BCUT2D eigenvalue weighted by molar-refractivity contribution is -0.387. The molecule has 0 aliphatic rings. The zero-order chi connectivity index (χ0) is 20.5. The number of hydrogen-bond acceptors (Lipinski definition) is 6. The molecule has 1 heterocycles. The Bertz CT molecular complexity index is 821. The number of hydrogen-bond donors (Lipinski definition) is 2. The van der Waals surface area contributed by atoms with Crippen molar-refractivity contribution < 1.29 is 18.9 Å². The fourth-order valence-corrected chi connectivity index (χ4v) is 3.51. The smallest absolute Gasteiger partial charge is 0.283 e. The molecule has 0 aliphatic carbocycles. The molecule has 1 aromatic heterocycles. The minimum absolute atomic E-state index is 0.108. The lowest BCUT2D eigenvalue weighted by atomic mass is 10.2. The number of carbonyl (C=O) groups is 2. The Morgan fingerprint density at radius 2 is 2.04 bits per heavy atom. The van der Waals surface area contributed by atoms with Crippen LogP contribution in [0.15, 0.2) is 45.9 Å². The van der Waals surface area contributed by atoms with Crippen LogP contribution in [0.4, 0.5) is 5.69 Å². The van der Waals surface area contributed by atoms with Crippen molar-refractivity contribution in [2.45, 2.75) is 31.7 Å². The lowest BCUT2D eigenvalue weighted by Crippen LogP contribution is -2.36. The molecular formula is C19H23N3O5S. The van der Waals surface area contributed by atoms with Gasteiger partial charge in [0.25, 0.3) is 11.6 Å². The highest BCUT2D eigenvalue weighted by molar-refractivity contribution is 7.99. The van der Waals surface area contributed by atoms with E-state index in [1.54, 1.807) is 18.2 Å². The highest BCUT2D eigenvalue weighted by Crippen LogP contribution is 2.31. The summed E-state index contributed by atoms with van der Waals surface area (Å²) < 4.78 is 5.10. The van der Waals surface area contributed by atoms with Crippen LogP contribution in [-0.2, 0) is 11.3 Å². The van der Waals surface area contributed by atoms with Crippen molar-refractivity contribution >= 4 is 29.3 Å². The van der Waals surface area contributed by atoms with E-state index in [-0.39, 0.29) is 30.2 Å². The first-order valence-corrected chi connectivity index (χ1v) is 9.84. The molecule has 0 spiro atoms. The lowest BCUT2D eigenvalue weighted by Gasteiger charge is -2.08. The molecule has 0 saturated carbocycles. The quantitative estimate of drug-likeness (QED) is 0.356. The van der Waals surface area contributed by atoms with Gasteiger partial charge in [-0.05, 0) is 42.4 Å². The number of rotatable bonds is 10. The SMILES string of the molecule is CC(C)CCSc1ccc(C(=O)NCC(=O)NCc2ccco2)cc1[N+](=O)[O-]. The van der Waals surface area contributed by atoms with Crippen LogP contribution in [0.1, 0.15) is 36.4 Å². The Labute approximate surface area is 167 Å². The van der Waals surface area contributed by atoms with Gasteiger partial charge in [-0.2, -0.15) is 0 Å². The summed E-state index contributed by atoms with van der Waals surface area (Å²) in [5.74, 6) is 0.936. The average Bonchev–Trinajstić information content (AvgIpc) is 3.17. The standard InChI is InChI=1S/C19H23N3O5S/c1-13(2)7-9-28-17-6-5-14(10-16(17)22(25)26)19(24)21-12-18(23)20-11-15-4-3-8-27-15/h3-6,8,10,13H,7,9,11-12H2,1-2H3,(H,20,23)(H,21,24). The Balaban J connectivity index is 1.91. The Hall–Kier alpha value is -2.81. The van der Waals surface area contributed by atoms with Gasteiger partial charge in [-0.1, -0.05) is 13.8 Å². The molecule has 1 aromatic carbocycles. The van der Waals surface area contributed by atoms with Crippen molar-refractivity contribution in [2.24, 2.45) is 5.92 Å². The normalized spacial score (nSPS) is 10.7. The van der Waals surface area contributed by atoms with Gasteiger partial charge in [0.15, 0.2) is 0 Å². The van der Waals surface area contributed by atoms with Crippen LogP contribution in [0.2, 0.25) is 0 Å².